The molecule has 5 rings (SSSR count). The molecule has 1 aliphatic carbocycles. The van der Waals surface area contributed by atoms with E-state index in [0.717, 1.165) is 57.5 Å². The number of ether oxygens (including phenoxy) is 1. The van der Waals surface area contributed by atoms with Gasteiger partial charge in [-0.05, 0) is 67.7 Å². The summed E-state index contributed by atoms with van der Waals surface area (Å²) < 4.78 is 46.0. The van der Waals surface area contributed by atoms with E-state index >= 15 is 0 Å². The molecule has 34 heavy (non-hydrogen) atoms. The minimum atomic E-state index is -4.57. The number of nitrogens with zero attached hydrogens (tertiary/aromatic N) is 1. The zero-order chi connectivity index (χ0) is 24.3. The molecule has 2 saturated heterocycles. The van der Waals surface area contributed by atoms with Gasteiger partial charge in [0.25, 0.3) is 0 Å². The first-order valence-electron chi connectivity index (χ1n) is 12.0. The first kappa shape index (κ1) is 23.4. The number of carbonyl (C=O) groups is 2. The Kier molecular flexibility index (Phi) is 5.79. The molecule has 10 heteroatoms. The molecule has 4 atom stereocenters. The lowest BCUT2D eigenvalue weighted by molar-refractivity contribution is -0.137. The molecule has 3 aliphatic heterocycles. The van der Waals surface area contributed by atoms with Crippen molar-refractivity contribution in [3.63, 3.8) is 0 Å². The minimum Gasteiger partial charge on any atom is -0.381 e. The predicted molar refractivity (Wildman–Crippen MR) is 119 cm³/mol. The summed E-state index contributed by atoms with van der Waals surface area (Å²) in [7, 11) is 0. The number of alkyl halides is 3. The Morgan fingerprint density at radius 3 is 2.62 bits per heavy atom. The summed E-state index contributed by atoms with van der Waals surface area (Å²) in [6.07, 6.45) is 0.190. The van der Waals surface area contributed by atoms with Gasteiger partial charge >= 0.3 is 12.2 Å². The summed E-state index contributed by atoms with van der Waals surface area (Å²) >= 11 is 0. The molecule has 1 aromatic rings. The van der Waals surface area contributed by atoms with Crippen LogP contribution in [0.1, 0.15) is 55.7 Å². The lowest BCUT2D eigenvalue weighted by atomic mass is 9.73. The number of hydrogen-bond acceptors (Lipinski definition) is 4. The largest absolute Gasteiger partial charge is 0.416 e. The number of fused-ring (bicyclic) bond motifs is 2. The zero-order valence-electron chi connectivity index (χ0n) is 19.2. The van der Waals surface area contributed by atoms with Crippen molar-refractivity contribution >= 4 is 17.6 Å². The fourth-order valence-corrected chi connectivity index (χ4v) is 6.68. The summed E-state index contributed by atoms with van der Waals surface area (Å²) in [6.45, 7) is 3.71. The van der Waals surface area contributed by atoms with Crippen LogP contribution < -0.4 is 16.4 Å². The number of nitrogens with one attached hydrogen (secondary N) is 2. The molecular formula is C24H31F3N4O3. The monoisotopic (exact) mass is 480 g/mol. The predicted octanol–water partition coefficient (Wildman–Crippen LogP) is 3.41. The van der Waals surface area contributed by atoms with Gasteiger partial charge in [0.15, 0.2) is 0 Å². The number of rotatable bonds is 3. The first-order valence-corrected chi connectivity index (χ1v) is 12.0. The van der Waals surface area contributed by atoms with Gasteiger partial charge in [-0.3, -0.25) is 4.79 Å². The Labute approximate surface area is 196 Å². The van der Waals surface area contributed by atoms with Gasteiger partial charge in [0.05, 0.1) is 11.0 Å². The van der Waals surface area contributed by atoms with Gasteiger partial charge in [-0.15, -0.1) is 0 Å². The molecule has 186 valence electrons. The van der Waals surface area contributed by atoms with Crippen molar-refractivity contribution in [3.8, 4) is 0 Å². The second kappa shape index (κ2) is 8.41. The summed E-state index contributed by atoms with van der Waals surface area (Å²) in [5.41, 5.74) is 5.03. The van der Waals surface area contributed by atoms with Gasteiger partial charge in [-0.2, -0.15) is 13.2 Å². The molecule has 1 saturated carbocycles. The van der Waals surface area contributed by atoms with Gasteiger partial charge in [0.1, 0.15) is 0 Å². The number of benzene rings is 1. The molecule has 3 fully saturated rings. The number of halogens is 3. The maximum atomic E-state index is 13.7. The summed E-state index contributed by atoms with van der Waals surface area (Å²) in [4.78, 5) is 27.0. The van der Waals surface area contributed by atoms with Crippen LogP contribution >= 0.6 is 0 Å². The third kappa shape index (κ3) is 3.94. The normalized spacial score (nSPS) is 31.6. The van der Waals surface area contributed by atoms with Crippen LogP contribution in [-0.4, -0.2) is 48.2 Å². The Morgan fingerprint density at radius 2 is 1.94 bits per heavy atom. The molecule has 1 aromatic carbocycles. The van der Waals surface area contributed by atoms with E-state index in [4.69, 9.17) is 10.5 Å². The number of amides is 3. The number of hydrogen-bond donors (Lipinski definition) is 3. The molecule has 3 amide bonds. The standard InChI is InChI=1S/C24H31F3N4O3/c1-13-20-10-18-14(8-15(24(25,26)27)9-19(18)30-22(28)33)12-31(20)21(32)23(13)5-2-17(11-23)29-16-3-6-34-7-4-16/h8-9,13,16-17,20,29H,2-7,10-12H2,1H3,(H3,28,30,33)/t13?,17-,20?,23+/m1/s1. The molecule has 0 aromatic heterocycles. The average molecular weight is 481 g/mol. The van der Waals surface area contributed by atoms with Gasteiger partial charge in [0.2, 0.25) is 5.91 Å². The van der Waals surface area contributed by atoms with Crippen molar-refractivity contribution in [3.05, 3.63) is 28.8 Å². The Bertz CT molecular complexity index is 994. The first-order chi connectivity index (χ1) is 16.1. The number of urea groups is 1. The lowest BCUT2D eigenvalue weighted by Crippen LogP contribution is -2.42. The molecule has 0 radical (unpaired) electrons. The SMILES string of the molecule is CC1C2Cc3c(cc(C(F)(F)F)cc3NC(N)=O)CN2C(=O)[C@]12CC[C@@H](NC1CCOCC1)C2. The molecular weight excluding hydrogens is 449 g/mol. The van der Waals surface area contributed by atoms with Crippen LogP contribution in [0.25, 0.3) is 0 Å². The maximum Gasteiger partial charge on any atom is 0.416 e. The van der Waals surface area contributed by atoms with E-state index in [-0.39, 0.29) is 36.1 Å². The average Bonchev–Trinajstić information content (AvgIpc) is 3.28. The number of carbonyl (C=O) groups excluding carboxylic acids is 2. The van der Waals surface area contributed by atoms with Crippen LogP contribution in [0, 0.1) is 11.3 Å². The summed E-state index contributed by atoms with van der Waals surface area (Å²) in [6, 6.07) is 1.67. The molecule has 2 unspecified atom stereocenters. The van der Waals surface area contributed by atoms with E-state index < -0.39 is 23.2 Å². The van der Waals surface area contributed by atoms with Crippen LogP contribution in [0.5, 0.6) is 0 Å². The van der Waals surface area contributed by atoms with Crippen LogP contribution in [0.4, 0.5) is 23.7 Å². The molecule has 7 nitrogen and oxygen atoms in total. The Hall–Kier alpha value is -2.33. The van der Waals surface area contributed by atoms with E-state index in [2.05, 4.69) is 17.6 Å². The minimum absolute atomic E-state index is 0.0498. The smallest absolute Gasteiger partial charge is 0.381 e. The van der Waals surface area contributed by atoms with Gasteiger partial charge < -0.3 is 26.0 Å². The van der Waals surface area contributed by atoms with E-state index in [9.17, 15) is 22.8 Å². The van der Waals surface area contributed by atoms with Crippen molar-refractivity contribution in [1.82, 2.24) is 10.2 Å². The number of nitrogens with two attached hydrogens (primary N) is 1. The third-order valence-electron chi connectivity index (χ3n) is 8.46. The van der Waals surface area contributed by atoms with Crippen LogP contribution in [0.2, 0.25) is 0 Å². The van der Waals surface area contributed by atoms with Gasteiger partial charge in [0, 0.05) is 43.6 Å². The Balaban J connectivity index is 1.40. The summed E-state index contributed by atoms with van der Waals surface area (Å²) in [5, 5.41) is 6.11. The van der Waals surface area contributed by atoms with Crippen molar-refractivity contribution < 1.29 is 27.5 Å². The molecule has 4 N–H and O–H groups in total. The molecule has 4 aliphatic rings. The second-order valence-electron chi connectivity index (χ2n) is 10.3. The number of anilines is 1. The lowest BCUT2D eigenvalue weighted by Gasteiger charge is -2.35. The van der Waals surface area contributed by atoms with Crippen molar-refractivity contribution in [2.24, 2.45) is 17.1 Å². The maximum absolute atomic E-state index is 13.7. The summed E-state index contributed by atoms with van der Waals surface area (Å²) in [5.74, 6) is 0.104. The molecule has 3 heterocycles. The second-order valence-corrected chi connectivity index (χ2v) is 10.3. The fourth-order valence-electron chi connectivity index (χ4n) is 6.68. The van der Waals surface area contributed by atoms with Crippen LogP contribution in [0.3, 0.4) is 0 Å². The molecule has 1 spiro atoms. The highest BCUT2D eigenvalue weighted by atomic mass is 19.4. The van der Waals surface area contributed by atoms with E-state index in [1.807, 2.05) is 0 Å². The van der Waals surface area contributed by atoms with Crippen LogP contribution in [0.15, 0.2) is 12.1 Å². The number of primary amides is 1. The van der Waals surface area contributed by atoms with Crippen molar-refractivity contribution in [2.75, 3.05) is 18.5 Å². The zero-order valence-corrected chi connectivity index (χ0v) is 19.2. The van der Waals surface area contributed by atoms with Crippen LogP contribution in [-0.2, 0) is 28.7 Å². The topological polar surface area (TPSA) is 96.7 Å². The van der Waals surface area contributed by atoms with E-state index in [1.54, 1.807) is 4.90 Å². The molecule has 0 bridgehead atoms. The highest BCUT2D eigenvalue weighted by Crippen LogP contribution is 2.55. The quantitative estimate of drug-likeness (QED) is 0.618. The highest BCUT2D eigenvalue weighted by Gasteiger charge is 2.60. The Morgan fingerprint density at radius 1 is 1.21 bits per heavy atom. The van der Waals surface area contributed by atoms with E-state index in [1.165, 1.54) is 0 Å². The van der Waals surface area contributed by atoms with Crippen molar-refractivity contribution in [1.29, 1.82) is 0 Å². The van der Waals surface area contributed by atoms with Gasteiger partial charge in [-0.1, -0.05) is 6.92 Å². The highest BCUT2D eigenvalue weighted by molar-refractivity contribution is 5.90. The third-order valence-corrected chi connectivity index (χ3v) is 8.46. The van der Waals surface area contributed by atoms with E-state index in [0.29, 0.717) is 23.6 Å². The van der Waals surface area contributed by atoms with Gasteiger partial charge in [-0.25, -0.2) is 4.79 Å². The fraction of sp³-hybridized carbons (Fsp3) is 0.667. The van der Waals surface area contributed by atoms with Crippen molar-refractivity contribution in [2.45, 2.75) is 76.3 Å².